The predicted octanol–water partition coefficient (Wildman–Crippen LogP) is 3.61. The molecule has 4 rings (SSSR count). The first-order valence-electron chi connectivity index (χ1n) is 9.26. The zero-order chi connectivity index (χ0) is 20.4. The summed E-state index contributed by atoms with van der Waals surface area (Å²) >= 11 is 0. The van der Waals surface area contributed by atoms with Crippen LogP contribution in [0.2, 0.25) is 0 Å². The number of amides is 1. The van der Waals surface area contributed by atoms with Crippen LogP contribution in [0.25, 0.3) is 21.9 Å². The van der Waals surface area contributed by atoms with Crippen LogP contribution in [0.3, 0.4) is 0 Å². The van der Waals surface area contributed by atoms with Crippen LogP contribution >= 0.6 is 0 Å². The van der Waals surface area contributed by atoms with Crippen molar-refractivity contribution in [3.8, 4) is 11.8 Å². The lowest BCUT2D eigenvalue weighted by Crippen LogP contribution is -2.24. The topological polar surface area (TPSA) is 117 Å². The summed E-state index contributed by atoms with van der Waals surface area (Å²) in [5, 5.41) is 14.4. The number of aromatic amines is 1. The number of nitriles is 1. The fourth-order valence-corrected chi connectivity index (χ4v) is 3.39. The van der Waals surface area contributed by atoms with Crippen LogP contribution in [0.5, 0.6) is 5.75 Å². The summed E-state index contributed by atoms with van der Waals surface area (Å²) in [6.45, 7) is 3.08. The number of rotatable bonds is 7. The van der Waals surface area contributed by atoms with Gasteiger partial charge in [-0.2, -0.15) is 5.26 Å². The Hall–Kier alpha value is -3.76. The molecule has 0 aliphatic heterocycles. The third-order valence-electron chi connectivity index (χ3n) is 4.87. The van der Waals surface area contributed by atoms with E-state index in [1.165, 1.54) is 0 Å². The molecular formula is C22H20N4O3. The van der Waals surface area contributed by atoms with Gasteiger partial charge in [0.05, 0.1) is 11.6 Å². The maximum absolute atomic E-state index is 11.3. The first kappa shape index (κ1) is 18.6. The van der Waals surface area contributed by atoms with E-state index in [1.807, 2.05) is 30.5 Å². The van der Waals surface area contributed by atoms with Crippen LogP contribution < -0.4 is 15.8 Å². The van der Waals surface area contributed by atoms with Crippen LogP contribution in [-0.4, -0.2) is 24.0 Å². The largest absolute Gasteiger partial charge is 0.488 e. The first-order chi connectivity index (χ1) is 14.1. The SMILES string of the molecule is CC(NCCOc1cccc2cc(C(N)=O)oc12)c1c[nH]c2ccc(C#N)cc12. The number of fused-ring (bicyclic) bond motifs is 2. The van der Waals surface area contributed by atoms with E-state index < -0.39 is 5.91 Å². The lowest BCUT2D eigenvalue weighted by atomic mass is 10.1. The van der Waals surface area contributed by atoms with Gasteiger partial charge in [0.25, 0.3) is 5.91 Å². The number of H-pyrrole nitrogens is 1. The molecule has 2 aromatic heterocycles. The third kappa shape index (κ3) is 3.66. The van der Waals surface area contributed by atoms with Gasteiger partial charge in [0, 0.05) is 35.1 Å². The summed E-state index contributed by atoms with van der Waals surface area (Å²) in [5.41, 5.74) is 8.52. The number of furan rings is 1. The van der Waals surface area contributed by atoms with Crippen LogP contribution in [0.4, 0.5) is 0 Å². The summed E-state index contributed by atoms with van der Waals surface area (Å²) in [6, 6.07) is 14.9. The second-order valence-corrected chi connectivity index (χ2v) is 6.79. The molecule has 7 heteroatoms. The molecule has 0 aliphatic rings. The van der Waals surface area contributed by atoms with Crippen molar-refractivity contribution in [2.75, 3.05) is 13.2 Å². The Morgan fingerprint density at radius 3 is 3.00 bits per heavy atom. The van der Waals surface area contributed by atoms with E-state index in [0.717, 1.165) is 21.9 Å². The van der Waals surface area contributed by atoms with E-state index in [4.69, 9.17) is 20.1 Å². The number of ether oxygens (including phenoxy) is 1. The van der Waals surface area contributed by atoms with Gasteiger partial charge in [0.1, 0.15) is 6.61 Å². The molecule has 4 aromatic rings. The van der Waals surface area contributed by atoms with Crippen molar-refractivity contribution in [1.29, 1.82) is 5.26 Å². The van der Waals surface area contributed by atoms with Crippen molar-refractivity contribution in [3.05, 3.63) is 65.5 Å². The molecule has 0 bridgehead atoms. The lowest BCUT2D eigenvalue weighted by Gasteiger charge is -2.14. The molecule has 2 aromatic carbocycles. The molecule has 0 aliphatic carbocycles. The molecule has 1 amide bonds. The normalized spacial score (nSPS) is 12.1. The highest BCUT2D eigenvalue weighted by molar-refractivity contribution is 5.96. The van der Waals surface area contributed by atoms with Crippen molar-refractivity contribution >= 4 is 27.8 Å². The molecule has 0 saturated carbocycles. The minimum absolute atomic E-state index is 0.0714. The first-order valence-corrected chi connectivity index (χ1v) is 9.26. The van der Waals surface area contributed by atoms with Gasteiger partial charge < -0.3 is 25.2 Å². The van der Waals surface area contributed by atoms with Crippen molar-refractivity contribution in [3.63, 3.8) is 0 Å². The number of hydrogen-bond donors (Lipinski definition) is 3. The predicted molar refractivity (Wildman–Crippen MR) is 110 cm³/mol. The average Bonchev–Trinajstić information content (AvgIpc) is 3.35. The Bertz CT molecular complexity index is 1230. The van der Waals surface area contributed by atoms with E-state index in [9.17, 15) is 4.79 Å². The summed E-state index contributed by atoms with van der Waals surface area (Å²) in [5.74, 6) is 0.0648. The van der Waals surface area contributed by atoms with Crippen LogP contribution in [-0.2, 0) is 0 Å². The summed E-state index contributed by atoms with van der Waals surface area (Å²) in [6.07, 6.45) is 1.96. The Kier molecular flexibility index (Phi) is 4.94. The number of carbonyl (C=O) groups is 1. The van der Waals surface area contributed by atoms with Gasteiger partial charge in [-0.3, -0.25) is 4.79 Å². The average molecular weight is 388 g/mol. The van der Waals surface area contributed by atoms with Crippen LogP contribution in [0, 0.1) is 11.3 Å². The number of carbonyl (C=O) groups excluding carboxylic acids is 1. The number of nitrogens with one attached hydrogen (secondary N) is 2. The van der Waals surface area contributed by atoms with Gasteiger partial charge in [-0.15, -0.1) is 0 Å². The van der Waals surface area contributed by atoms with Crippen LogP contribution in [0.15, 0.2) is 53.1 Å². The van der Waals surface area contributed by atoms with E-state index in [1.54, 1.807) is 18.2 Å². The number of nitrogens with two attached hydrogens (primary N) is 1. The number of aromatic nitrogens is 1. The highest BCUT2D eigenvalue weighted by Crippen LogP contribution is 2.29. The molecule has 146 valence electrons. The standard InChI is InChI=1S/C22H20N4O3/c1-13(17-12-26-18-6-5-14(11-23)9-16(17)18)25-7-8-28-19-4-2-3-15-10-20(22(24)27)29-21(15)19/h2-6,9-10,12-13,25-26H,7-8H2,1H3,(H2,24,27). The highest BCUT2D eigenvalue weighted by atomic mass is 16.5. The number of nitrogens with zero attached hydrogens (tertiary/aromatic N) is 1. The summed E-state index contributed by atoms with van der Waals surface area (Å²) in [4.78, 5) is 14.6. The van der Waals surface area contributed by atoms with E-state index in [2.05, 4.69) is 23.3 Å². The molecule has 0 fully saturated rings. The van der Waals surface area contributed by atoms with Crippen LogP contribution in [0.1, 0.15) is 34.6 Å². The van der Waals surface area contributed by atoms with Gasteiger partial charge in [-0.1, -0.05) is 12.1 Å². The quantitative estimate of drug-likeness (QED) is 0.418. The number of primary amides is 1. The van der Waals surface area contributed by atoms with Gasteiger partial charge in [-0.25, -0.2) is 0 Å². The smallest absolute Gasteiger partial charge is 0.284 e. The molecule has 2 heterocycles. The Morgan fingerprint density at radius 1 is 1.34 bits per heavy atom. The monoisotopic (exact) mass is 388 g/mol. The van der Waals surface area contributed by atoms with Crippen molar-refractivity contribution in [2.45, 2.75) is 13.0 Å². The zero-order valence-corrected chi connectivity index (χ0v) is 15.9. The second kappa shape index (κ2) is 7.70. The van der Waals surface area contributed by atoms with E-state index >= 15 is 0 Å². The minimum Gasteiger partial charge on any atom is -0.488 e. The number of para-hydroxylation sites is 1. The molecule has 0 spiro atoms. The van der Waals surface area contributed by atoms with E-state index in [-0.39, 0.29) is 11.8 Å². The van der Waals surface area contributed by atoms with E-state index in [0.29, 0.717) is 30.0 Å². The lowest BCUT2D eigenvalue weighted by molar-refractivity contribution is 0.0976. The highest BCUT2D eigenvalue weighted by Gasteiger charge is 2.14. The molecule has 1 unspecified atom stereocenters. The third-order valence-corrected chi connectivity index (χ3v) is 4.87. The number of hydrogen-bond acceptors (Lipinski definition) is 5. The Morgan fingerprint density at radius 2 is 2.21 bits per heavy atom. The number of benzene rings is 2. The molecule has 1 atom stereocenters. The second-order valence-electron chi connectivity index (χ2n) is 6.79. The van der Waals surface area contributed by atoms with Gasteiger partial charge in [0.2, 0.25) is 0 Å². The zero-order valence-electron chi connectivity index (χ0n) is 15.9. The molecule has 7 nitrogen and oxygen atoms in total. The molecule has 0 radical (unpaired) electrons. The fourth-order valence-electron chi connectivity index (χ4n) is 3.39. The maximum atomic E-state index is 11.3. The van der Waals surface area contributed by atoms with Crippen molar-refractivity contribution in [1.82, 2.24) is 10.3 Å². The minimum atomic E-state index is -0.610. The molecule has 4 N–H and O–H groups in total. The molecule has 29 heavy (non-hydrogen) atoms. The van der Waals surface area contributed by atoms with Gasteiger partial charge in [-0.05, 0) is 42.8 Å². The Labute approximate surface area is 167 Å². The van der Waals surface area contributed by atoms with Crippen molar-refractivity contribution in [2.24, 2.45) is 5.73 Å². The van der Waals surface area contributed by atoms with Crippen molar-refractivity contribution < 1.29 is 13.9 Å². The molecule has 0 saturated heterocycles. The van der Waals surface area contributed by atoms with Gasteiger partial charge >= 0.3 is 0 Å². The van der Waals surface area contributed by atoms with Gasteiger partial charge in [0.15, 0.2) is 17.1 Å². The fraction of sp³-hybridized carbons (Fsp3) is 0.182. The summed E-state index contributed by atoms with van der Waals surface area (Å²) < 4.78 is 11.4. The maximum Gasteiger partial charge on any atom is 0.284 e. The summed E-state index contributed by atoms with van der Waals surface area (Å²) in [7, 11) is 0. The molecular weight excluding hydrogens is 368 g/mol. The Balaban J connectivity index is 1.40.